The molecule has 0 heterocycles. The Kier molecular flexibility index (Phi) is 4.65. The number of hydrogen-bond acceptors (Lipinski definition) is 4. The second-order valence-electron chi connectivity index (χ2n) is 8.51. The van der Waals surface area contributed by atoms with Crippen molar-refractivity contribution in [1.29, 1.82) is 0 Å². The highest BCUT2D eigenvalue weighted by Crippen LogP contribution is 2.56. The summed E-state index contributed by atoms with van der Waals surface area (Å²) in [5.41, 5.74) is -0.686. The molecule has 0 aromatic carbocycles. The van der Waals surface area contributed by atoms with Gasteiger partial charge in [-0.25, -0.2) is 0 Å². The topological polar surface area (TPSA) is 47.9 Å². The lowest BCUT2D eigenvalue weighted by atomic mass is 9.68. The summed E-state index contributed by atoms with van der Waals surface area (Å²) < 4.78 is 17.3. The molecule has 2 aliphatic carbocycles. The monoisotopic (exact) mass is 316 g/mol. The molecule has 0 amide bonds. The Morgan fingerprint density at radius 1 is 1.24 bits per heavy atom. The van der Waals surface area contributed by atoms with Crippen molar-refractivity contribution in [2.24, 2.45) is 11.8 Å². The highest BCUT2D eigenvalue weighted by Gasteiger charge is 2.62. The average molecular weight is 317 g/mol. The summed E-state index contributed by atoms with van der Waals surface area (Å²) >= 11 is 0. The van der Waals surface area contributed by atoms with Gasteiger partial charge in [0, 0.05) is 19.4 Å². The molecule has 21 heavy (non-hydrogen) atoms. The SMILES string of the molecule is COCO[C@H]1C[C@](C)(O)[C@@H]2[C@H]1C[C@@H]2O[Si](C)(C)C(C)(C)C. The fraction of sp³-hybridized carbons (Fsp3) is 1.00. The van der Waals surface area contributed by atoms with E-state index in [-0.39, 0.29) is 23.2 Å². The minimum absolute atomic E-state index is 0.101. The minimum Gasteiger partial charge on any atom is -0.414 e. The first-order valence-electron chi connectivity index (χ1n) is 8.00. The van der Waals surface area contributed by atoms with E-state index in [1.54, 1.807) is 7.11 Å². The molecule has 0 aliphatic heterocycles. The van der Waals surface area contributed by atoms with E-state index in [0.29, 0.717) is 19.1 Å². The molecule has 0 aromatic rings. The Morgan fingerprint density at radius 2 is 1.86 bits per heavy atom. The van der Waals surface area contributed by atoms with Gasteiger partial charge in [0.1, 0.15) is 6.79 Å². The van der Waals surface area contributed by atoms with Crippen LogP contribution in [0.3, 0.4) is 0 Å². The van der Waals surface area contributed by atoms with Crippen LogP contribution in [0, 0.1) is 11.8 Å². The van der Waals surface area contributed by atoms with Gasteiger partial charge in [0.2, 0.25) is 0 Å². The van der Waals surface area contributed by atoms with E-state index in [1.165, 1.54) is 0 Å². The molecule has 0 bridgehead atoms. The highest BCUT2D eigenvalue weighted by atomic mass is 28.4. The van der Waals surface area contributed by atoms with Crippen molar-refractivity contribution in [2.75, 3.05) is 13.9 Å². The van der Waals surface area contributed by atoms with Crippen molar-refractivity contribution in [1.82, 2.24) is 0 Å². The van der Waals surface area contributed by atoms with E-state index in [2.05, 4.69) is 33.9 Å². The number of aliphatic hydroxyl groups is 1. The first-order chi connectivity index (χ1) is 9.49. The molecule has 124 valence electrons. The molecule has 2 rings (SSSR count). The summed E-state index contributed by atoms with van der Waals surface area (Å²) in [6.45, 7) is 13.6. The zero-order valence-corrected chi connectivity index (χ0v) is 15.6. The molecule has 0 aromatic heterocycles. The number of methoxy groups -OCH3 is 1. The lowest BCUT2D eigenvalue weighted by Gasteiger charge is -2.51. The van der Waals surface area contributed by atoms with Crippen LogP contribution in [-0.2, 0) is 13.9 Å². The third kappa shape index (κ3) is 3.22. The average Bonchev–Trinajstić information content (AvgIpc) is 2.47. The Bertz CT molecular complexity index is 375. The van der Waals surface area contributed by atoms with Gasteiger partial charge in [0.05, 0.1) is 17.8 Å². The quantitative estimate of drug-likeness (QED) is 0.625. The van der Waals surface area contributed by atoms with Crippen LogP contribution < -0.4 is 0 Å². The normalized spacial score (nSPS) is 40.0. The van der Waals surface area contributed by atoms with Gasteiger partial charge < -0.3 is 19.0 Å². The molecule has 5 heteroatoms. The standard InChI is InChI=1S/C16H32O4Si/c1-15(2,3)21(6,7)20-12-8-11-13(19-10-18-5)9-16(4,17)14(11)12/h11-14,17H,8-10H2,1-7H3/t11-,12-,13-,14+,16-/m0/s1. The van der Waals surface area contributed by atoms with Gasteiger partial charge in [-0.2, -0.15) is 0 Å². The van der Waals surface area contributed by atoms with Crippen molar-refractivity contribution >= 4 is 8.32 Å². The second kappa shape index (κ2) is 5.60. The number of hydrogen-bond donors (Lipinski definition) is 1. The van der Waals surface area contributed by atoms with Crippen molar-refractivity contribution in [3.63, 3.8) is 0 Å². The van der Waals surface area contributed by atoms with Crippen LogP contribution in [0.1, 0.15) is 40.5 Å². The fourth-order valence-electron chi connectivity index (χ4n) is 3.60. The third-order valence-electron chi connectivity index (χ3n) is 5.83. The lowest BCUT2D eigenvalue weighted by molar-refractivity contribution is -0.131. The van der Waals surface area contributed by atoms with Crippen LogP contribution in [0.2, 0.25) is 18.1 Å². The fourth-order valence-corrected chi connectivity index (χ4v) is 4.95. The molecule has 2 fully saturated rings. The zero-order chi connectivity index (χ0) is 16.1. The van der Waals surface area contributed by atoms with E-state index < -0.39 is 13.9 Å². The van der Waals surface area contributed by atoms with Crippen LogP contribution in [0.15, 0.2) is 0 Å². The van der Waals surface area contributed by atoms with E-state index in [0.717, 1.165) is 6.42 Å². The maximum atomic E-state index is 10.7. The summed E-state index contributed by atoms with van der Waals surface area (Å²) in [6.07, 6.45) is 1.97. The van der Waals surface area contributed by atoms with E-state index >= 15 is 0 Å². The first-order valence-corrected chi connectivity index (χ1v) is 10.9. The Labute approximate surface area is 130 Å². The predicted octanol–water partition coefficient (Wildman–Crippen LogP) is 3.16. The Morgan fingerprint density at radius 3 is 2.38 bits per heavy atom. The van der Waals surface area contributed by atoms with Gasteiger partial charge in [-0.05, 0) is 37.4 Å². The first kappa shape index (κ1) is 17.4. The Hall–Kier alpha value is 0.0569. The molecule has 5 atom stereocenters. The van der Waals surface area contributed by atoms with Gasteiger partial charge in [0.25, 0.3) is 0 Å². The van der Waals surface area contributed by atoms with E-state index in [4.69, 9.17) is 13.9 Å². The predicted molar refractivity (Wildman–Crippen MR) is 85.7 cm³/mol. The van der Waals surface area contributed by atoms with E-state index in [9.17, 15) is 5.11 Å². The van der Waals surface area contributed by atoms with Crippen LogP contribution in [-0.4, -0.2) is 45.1 Å². The number of rotatable bonds is 5. The molecule has 0 saturated heterocycles. The van der Waals surface area contributed by atoms with Crippen molar-refractivity contribution in [2.45, 2.75) is 76.5 Å². The van der Waals surface area contributed by atoms with Crippen molar-refractivity contribution in [3.8, 4) is 0 Å². The van der Waals surface area contributed by atoms with Crippen molar-refractivity contribution < 1.29 is 19.0 Å². The van der Waals surface area contributed by atoms with Gasteiger partial charge in [-0.1, -0.05) is 20.8 Å². The lowest BCUT2D eigenvalue weighted by Crippen LogP contribution is -2.56. The van der Waals surface area contributed by atoms with Crippen molar-refractivity contribution in [3.05, 3.63) is 0 Å². The molecular weight excluding hydrogens is 284 g/mol. The second-order valence-corrected chi connectivity index (χ2v) is 13.3. The molecule has 4 nitrogen and oxygen atoms in total. The number of fused-ring (bicyclic) bond motifs is 1. The number of ether oxygens (including phenoxy) is 2. The van der Waals surface area contributed by atoms with Gasteiger partial charge in [-0.15, -0.1) is 0 Å². The summed E-state index contributed by atoms with van der Waals surface area (Å²) in [4.78, 5) is 0. The molecule has 0 spiro atoms. The zero-order valence-electron chi connectivity index (χ0n) is 14.6. The Balaban J connectivity index is 2.02. The smallest absolute Gasteiger partial charge is 0.192 e. The summed E-state index contributed by atoms with van der Waals surface area (Å²) in [5, 5.41) is 10.9. The van der Waals surface area contributed by atoms with Crippen LogP contribution in [0.5, 0.6) is 0 Å². The van der Waals surface area contributed by atoms with Gasteiger partial charge in [-0.3, -0.25) is 0 Å². The summed E-state index contributed by atoms with van der Waals surface area (Å²) in [6, 6.07) is 0. The third-order valence-corrected chi connectivity index (χ3v) is 10.3. The molecule has 2 aliphatic rings. The molecule has 1 N–H and O–H groups in total. The summed E-state index contributed by atoms with van der Waals surface area (Å²) in [5.74, 6) is 0.610. The largest absolute Gasteiger partial charge is 0.414 e. The maximum Gasteiger partial charge on any atom is 0.192 e. The molecule has 0 radical (unpaired) electrons. The minimum atomic E-state index is -1.78. The molecule has 2 saturated carbocycles. The molecular formula is C16H32O4Si. The van der Waals surface area contributed by atoms with Gasteiger partial charge >= 0.3 is 0 Å². The summed E-state index contributed by atoms with van der Waals surface area (Å²) in [7, 11) is -0.150. The molecule has 0 unspecified atom stereocenters. The maximum absolute atomic E-state index is 10.7. The highest BCUT2D eigenvalue weighted by molar-refractivity contribution is 6.74. The van der Waals surface area contributed by atoms with Gasteiger partial charge in [0.15, 0.2) is 8.32 Å². The van der Waals surface area contributed by atoms with Crippen LogP contribution >= 0.6 is 0 Å². The van der Waals surface area contributed by atoms with Crippen LogP contribution in [0.25, 0.3) is 0 Å². The van der Waals surface area contributed by atoms with E-state index in [1.807, 2.05) is 6.92 Å². The van der Waals surface area contributed by atoms with Crippen LogP contribution in [0.4, 0.5) is 0 Å².